The van der Waals surface area contributed by atoms with Crippen molar-refractivity contribution in [2.75, 3.05) is 89.0 Å². The van der Waals surface area contributed by atoms with Crippen molar-refractivity contribution >= 4 is 57.2 Å². The number of anilines is 2. The lowest BCUT2D eigenvalue weighted by Gasteiger charge is -2.39. The molecule has 3 saturated heterocycles. The second-order valence-corrected chi connectivity index (χ2v) is 15.3. The quantitative estimate of drug-likeness (QED) is 0.182. The number of Topliss-reactive ketones (excluding diaryl/α,β-unsaturated/α-hetero) is 1. The van der Waals surface area contributed by atoms with Gasteiger partial charge in [0.15, 0.2) is 10.9 Å². The highest BCUT2D eigenvalue weighted by Gasteiger charge is 2.35. The number of aromatic amines is 1. The fourth-order valence-corrected chi connectivity index (χ4v) is 8.83. The largest absolute Gasteiger partial charge is 0.462 e. The van der Waals surface area contributed by atoms with Gasteiger partial charge in [0, 0.05) is 71.1 Å². The number of halogens is 2. The molecule has 6 heterocycles. The van der Waals surface area contributed by atoms with E-state index < -0.39 is 5.97 Å². The van der Waals surface area contributed by atoms with Crippen LogP contribution in [0.1, 0.15) is 65.4 Å². The Hall–Kier alpha value is -2.81. The van der Waals surface area contributed by atoms with Crippen molar-refractivity contribution in [3.8, 4) is 11.4 Å². The van der Waals surface area contributed by atoms with Crippen LogP contribution in [0.2, 0.25) is 10.0 Å². The number of carbonyl (C=O) groups excluding carboxylic acids is 2. The van der Waals surface area contributed by atoms with Crippen molar-refractivity contribution in [2.24, 2.45) is 11.8 Å². The van der Waals surface area contributed by atoms with Gasteiger partial charge in [0.2, 0.25) is 0 Å². The number of piperidine rings is 2. The third kappa shape index (κ3) is 8.45. The molecular formula is C35H48Cl2N8O4S. The topological polar surface area (TPSA) is 120 Å². The van der Waals surface area contributed by atoms with Crippen LogP contribution in [-0.2, 0) is 9.47 Å². The minimum Gasteiger partial charge on any atom is -0.462 e. The number of hydrogen-bond donors (Lipinski definition) is 1. The Balaban J connectivity index is 1.13. The summed E-state index contributed by atoms with van der Waals surface area (Å²) >= 11 is 13.9. The van der Waals surface area contributed by atoms with Crippen LogP contribution in [0.4, 0.5) is 10.9 Å². The minimum atomic E-state index is -0.434. The lowest BCUT2D eigenvalue weighted by molar-refractivity contribution is 0.0103. The third-order valence-electron chi connectivity index (χ3n) is 10.0. The number of likely N-dealkylation sites (tertiary alicyclic amines) is 1. The Morgan fingerprint density at radius 1 is 0.980 bits per heavy atom. The van der Waals surface area contributed by atoms with Crippen LogP contribution >= 0.6 is 34.5 Å². The molecule has 1 N–H and O–H groups in total. The van der Waals surface area contributed by atoms with Gasteiger partial charge in [-0.3, -0.25) is 9.69 Å². The zero-order chi connectivity index (χ0) is 35.4. The molecule has 3 aliphatic rings. The Bertz CT molecular complexity index is 1630. The number of carbonyl (C=O) groups is 2. The molecule has 6 rings (SSSR count). The van der Waals surface area contributed by atoms with E-state index in [4.69, 9.17) is 47.6 Å². The van der Waals surface area contributed by atoms with Crippen LogP contribution in [0.25, 0.3) is 11.4 Å². The second kappa shape index (κ2) is 16.7. The summed E-state index contributed by atoms with van der Waals surface area (Å²) in [6, 6.07) is 0. The summed E-state index contributed by atoms with van der Waals surface area (Å²) in [6.45, 7) is 14.8. The van der Waals surface area contributed by atoms with Gasteiger partial charge < -0.3 is 29.2 Å². The van der Waals surface area contributed by atoms with E-state index in [1.54, 1.807) is 26.2 Å². The average molecular weight is 748 g/mol. The number of aryl methyl sites for hydroxylation is 1. The molecule has 0 spiro atoms. The van der Waals surface area contributed by atoms with E-state index in [0.717, 1.165) is 44.5 Å². The van der Waals surface area contributed by atoms with Crippen molar-refractivity contribution < 1.29 is 19.1 Å². The van der Waals surface area contributed by atoms with Crippen molar-refractivity contribution in [3.05, 3.63) is 38.7 Å². The average Bonchev–Trinajstić information content (AvgIpc) is 3.67. The van der Waals surface area contributed by atoms with Gasteiger partial charge in [-0.2, -0.15) is 0 Å². The second-order valence-electron chi connectivity index (χ2n) is 13.6. The van der Waals surface area contributed by atoms with Crippen LogP contribution in [-0.4, -0.2) is 127 Å². The lowest BCUT2D eigenvalue weighted by Crippen LogP contribution is -2.49. The van der Waals surface area contributed by atoms with Crippen molar-refractivity contribution in [1.82, 2.24) is 29.7 Å². The fraction of sp³-hybridized carbons (Fsp3) is 0.629. The normalized spacial score (nSPS) is 22.2. The summed E-state index contributed by atoms with van der Waals surface area (Å²) in [6.07, 6.45) is 6.86. The Kier molecular flexibility index (Phi) is 12.3. The van der Waals surface area contributed by atoms with Crippen LogP contribution in [0.3, 0.4) is 0 Å². The molecular weight excluding hydrogens is 699 g/mol. The number of nitrogens with one attached hydrogen (secondary N) is 1. The van der Waals surface area contributed by atoms with Crippen molar-refractivity contribution in [1.29, 1.82) is 0 Å². The minimum absolute atomic E-state index is 0.0182. The van der Waals surface area contributed by atoms with Crippen LogP contribution < -0.4 is 9.80 Å². The van der Waals surface area contributed by atoms with Gasteiger partial charge in [-0.15, -0.1) is 0 Å². The summed E-state index contributed by atoms with van der Waals surface area (Å²) < 4.78 is 11.6. The number of esters is 1. The molecule has 12 nitrogen and oxygen atoms in total. The first-order valence-corrected chi connectivity index (χ1v) is 19.3. The van der Waals surface area contributed by atoms with Crippen LogP contribution in [0, 0.1) is 18.8 Å². The van der Waals surface area contributed by atoms with E-state index in [9.17, 15) is 9.59 Å². The molecule has 15 heteroatoms. The number of rotatable bonds is 12. The number of ketones is 1. The van der Waals surface area contributed by atoms with E-state index in [1.807, 2.05) is 6.92 Å². The van der Waals surface area contributed by atoms with Gasteiger partial charge in [0.1, 0.15) is 27.8 Å². The molecule has 0 radical (unpaired) electrons. The van der Waals surface area contributed by atoms with E-state index in [2.05, 4.69) is 31.6 Å². The lowest BCUT2D eigenvalue weighted by atomic mass is 9.88. The molecule has 0 aliphatic carbocycles. The number of nitrogens with zero attached hydrogens (tertiary/aromatic N) is 7. The van der Waals surface area contributed by atoms with Gasteiger partial charge in [-0.05, 0) is 65.5 Å². The van der Waals surface area contributed by atoms with E-state index in [1.165, 1.54) is 37.3 Å². The van der Waals surface area contributed by atoms with E-state index in [0.29, 0.717) is 63.9 Å². The zero-order valence-corrected chi connectivity index (χ0v) is 31.7. The number of ether oxygens (including phenoxy) is 2. The van der Waals surface area contributed by atoms with E-state index in [-0.39, 0.29) is 35.9 Å². The fourth-order valence-electron chi connectivity index (χ4n) is 7.39. The van der Waals surface area contributed by atoms with Gasteiger partial charge in [-0.1, -0.05) is 34.5 Å². The van der Waals surface area contributed by atoms with Gasteiger partial charge >= 0.3 is 5.97 Å². The molecule has 0 saturated carbocycles. The highest BCUT2D eigenvalue weighted by atomic mass is 35.5. The molecule has 0 bridgehead atoms. The number of hydrogen-bond acceptors (Lipinski definition) is 12. The number of H-pyrrole nitrogens is 1. The van der Waals surface area contributed by atoms with Crippen LogP contribution in [0.15, 0.2) is 12.4 Å². The Labute approximate surface area is 308 Å². The zero-order valence-electron chi connectivity index (χ0n) is 29.4. The molecule has 3 aromatic rings. The van der Waals surface area contributed by atoms with Gasteiger partial charge in [-0.25, -0.2) is 19.7 Å². The number of piperazine rings is 1. The number of thiazole rings is 1. The number of aromatic nitrogens is 4. The predicted octanol–water partition coefficient (Wildman–Crippen LogP) is 5.69. The SMILES string of the molecule is CCOC(=O)c1sc(N2CC[C@@H](CC(=O)c3[nH]c(C)c(Cl)c3Cl)[C@@H](OCC)C2)nc1-c1cnc(N2CCN(CC3CCCN(C)C3)CC2)cn1. The third-order valence-corrected chi connectivity index (χ3v) is 12.1. The Morgan fingerprint density at radius 2 is 1.78 bits per heavy atom. The summed E-state index contributed by atoms with van der Waals surface area (Å²) in [4.78, 5) is 53.7. The van der Waals surface area contributed by atoms with E-state index >= 15 is 0 Å². The molecule has 3 aliphatic heterocycles. The first-order chi connectivity index (χ1) is 24.1. The predicted molar refractivity (Wildman–Crippen MR) is 198 cm³/mol. The molecule has 50 heavy (non-hydrogen) atoms. The maximum absolute atomic E-state index is 13.2. The summed E-state index contributed by atoms with van der Waals surface area (Å²) in [5.41, 5.74) is 2.00. The smallest absolute Gasteiger partial charge is 0.350 e. The standard InChI is InChI=1S/C35H48Cl2N8O4S/c1-5-48-27-21-45(11-9-24(27)16-26(46)32-30(37)29(36)22(3)40-32)35-41-31(33(50-35)34(47)49-6-2)25-17-39-28(18-38-25)44-14-12-43(13-15-44)20-23-8-7-10-42(4)19-23/h17-18,23-24,27,40H,5-16,19-21H2,1-4H3/t23?,24-,27-/m0/s1. The first kappa shape index (κ1) is 37.0. The molecule has 3 fully saturated rings. The van der Waals surface area contributed by atoms with Crippen LogP contribution in [0.5, 0.6) is 0 Å². The summed E-state index contributed by atoms with van der Waals surface area (Å²) in [5.74, 6) is 1.03. The van der Waals surface area contributed by atoms with Gasteiger partial charge in [0.05, 0.1) is 35.1 Å². The van der Waals surface area contributed by atoms with Crippen molar-refractivity contribution in [2.45, 2.75) is 52.6 Å². The highest BCUT2D eigenvalue weighted by molar-refractivity contribution is 7.17. The molecule has 0 amide bonds. The summed E-state index contributed by atoms with van der Waals surface area (Å²) in [5, 5.41) is 1.32. The van der Waals surface area contributed by atoms with Crippen molar-refractivity contribution in [3.63, 3.8) is 0 Å². The molecule has 3 aromatic heterocycles. The molecule has 0 aromatic carbocycles. The highest BCUT2D eigenvalue weighted by Crippen LogP contribution is 2.37. The maximum Gasteiger partial charge on any atom is 0.350 e. The maximum atomic E-state index is 13.2. The molecule has 1 unspecified atom stereocenters. The van der Waals surface area contributed by atoms with Gasteiger partial charge in [0.25, 0.3) is 0 Å². The monoisotopic (exact) mass is 746 g/mol. The Morgan fingerprint density at radius 3 is 2.44 bits per heavy atom. The molecule has 272 valence electrons. The first-order valence-electron chi connectivity index (χ1n) is 17.7. The summed E-state index contributed by atoms with van der Waals surface area (Å²) in [7, 11) is 2.22. The molecule has 3 atom stereocenters.